The fourth-order valence-electron chi connectivity index (χ4n) is 1.47. The third kappa shape index (κ3) is 4.29. The first-order chi connectivity index (χ1) is 9.83. The van der Waals surface area contributed by atoms with Crippen LogP contribution in [0.1, 0.15) is 11.1 Å². The molecule has 0 saturated carbocycles. The SMILES string of the molecule is C[Si](C)(C)C#Cc1c([N+](=O)[O-])cc([N+](=O)[O-])cc1C(F)(F)F. The Labute approximate surface area is 124 Å². The van der Waals surface area contributed by atoms with Crippen LogP contribution in [-0.2, 0) is 6.18 Å². The average molecular weight is 332 g/mol. The highest BCUT2D eigenvalue weighted by molar-refractivity contribution is 6.83. The molecule has 0 spiro atoms. The molecule has 1 rings (SSSR count). The molecule has 0 atom stereocenters. The number of hydrogen-bond acceptors (Lipinski definition) is 4. The Kier molecular flexibility index (Phi) is 4.62. The van der Waals surface area contributed by atoms with Gasteiger partial charge in [0, 0.05) is 6.07 Å². The van der Waals surface area contributed by atoms with Crippen LogP contribution in [0.15, 0.2) is 12.1 Å². The molecule has 0 unspecified atom stereocenters. The quantitative estimate of drug-likeness (QED) is 0.357. The molecular formula is C12H11F3N2O4Si. The van der Waals surface area contributed by atoms with Gasteiger partial charge in [0.2, 0.25) is 0 Å². The van der Waals surface area contributed by atoms with Crippen LogP contribution in [-0.4, -0.2) is 17.9 Å². The van der Waals surface area contributed by atoms with Gasteiger partial charge in [-0.05, 0) is 0 Å². The number of nitro benzene ring substituents is 2. The fraction of sp³-hybridized carbons (Fsp3) is 0.333. The summed E-state index contributed by atoms with van der Waals surface area (Å²) in [4.78, 5) is 19.4. The zero-order valence-electron chi connectivity index (χ0n) is 11.8. The summed E-state index contributed by atoms with van der Waals surface area (Å²) in [6, 6.07) is 0.755. The molecule has 0 fully saturated rings. The molecule has 0 amide bonds. The van der Waals surface area contributed by atoms with Crippen molar-refractivity contribution in [2.24, 2.45) is 0 Å². The first kappa shape index (κ1) is 17.6. The van der Waals surface area contributed by atoms with Crippen molar-refractivity contribution in [3.05, 3.63) is 43.5 Å². The normalized spacial score (nSPS) is 11.5. The largest absolute Gasteiger partial charge is 0.418 e. The molecule has 0 saturated heterocycles. The minimum absolute atomic E-state index is 0.265. The average Bonchev–Trinajstić information content (AvgIpc) is 2.32. The summed E-state index contributed by atoms with van der Waals surface area (Å²) in [5.41, 5.74) is -1.73. The molecule has 6 nitrogen and oxygen atoms in total. The number of non-ortho nitro benzene ring substituents is 1. The highest BCUT2D eigenvalue weighted by atomic mass is 28.3. The molecule has 0 heterocycles. The van der Waals surface area contributed by atoms with E-state index in [1.807, 2.05) is 0 Å². The van der Waals surface area contributed by atoms with E-state index in [-0.39, 0.29) is 6.07 Å². The topological polar surface area (TPSA) is 86.3 Å². The second-order valence-electron chi connectivity index (χ2n) is 5.40. The Morgan fingerprint density at radius 3 is 2.00 bits per heavy atom. The van der Waals surface area contributed by atoms with Crippen molar-refractivity contribution in [2.75, 3.05) is 0 Å². The van der Waals surface area contributed by atoms with Crippen LogP contribution in [0, 0.1) is 31.7 Å². The van der Waals surface area contributed by atoms with E-state index in [1.54, 1.807) is 19.6 Å². The number of hydrogen-bond donors (Lipinski definition) is 0. The highest BCUT2D eigenvalue weighted by Crippen LogP contribution is 2.38. The van der Waals surface area contributed by atoms with Gasteiger partial charge in [0.15, 0.2) is 0 Å². The Morgan fingerprint density at radius 1 is 1.09 bits per heavy atom. The van der Waals surface area contributed by atoms with Gasteiger partial charge in [-0.3, -0.25) is 20.2 Å². The minimum atomic E-state index is -4.99. The van der Waals surface area contributed by atoms with E-state index < -0.39 is 46.6 Å². The summed E-state index contributed by atoms with van der Waals surface area (Å²) in [7, 11) is -2.10. The predicted octanol–water partition coefficient (Wildman–Crippen LogP) is 3.75. The van der Waals surface area contributed by atoms with E-state index in [2.05, 4.69) is 11.5 Å². The Morgan fingerprint density at radius 2 is 1.64 bits per heavy atom. The highest BCUT2D eigenvalue weighted by Gasteiger charge is 2.39. The van der Waals surface area contributed by atoms with Crippen molar-refractivity contribution >= 4 is 19.4 Å². The molecule has 1 aromatic rings. The smallest absolute Gasteiger partial charge is 0.258 e. The molecule has 0 radical (unpaired) electrons. The third-order valence-corrected chi connectivity index (χ3v) is 3.25. The second-order valence-corrected chi connectivity index (χ2v) is 10.1. The van der Waals surface area contributed by atoms with Gasteiger partial charge >= 0.3 is 6.18 Å². The maximum atomic E-state index is 13.1. The summed E-state index contributed by atoms with van der Waals surface area (Å²) in [6.45, 7) is 5.26. The molecule has 0 N–H and O–H groups in total. The van der Waals surface area contributed by atoms with Crippen LogP contribution < -0.4 is 0 Å². The van der Waals surface area contributed by atoms with Gasteiger partial charge < -0.3 is 0 Å². The van der Waals surface area contributed by atoms with E-state index in [0.29, 0.717) is 6.07 Å². The van der Waals surface area contributed by atoms with Gasteiger partial charge in [0.05, 0.1) is 21.5 Å². The lowest BCUT2D eigenvalue weighted by molar-refractivity contribution is -0.394. The lowest BCUT2D eigenvalue weighted by Gasteiger charge is -2.10. The molecule has 10 heteroatoms. The van der Waals surface area contributed by atoms with Crippen LogP contribution in [0.5, 0.6) is 0 Å². The Bertz CT molecular complexity index is 699. The molecule has 0 bridgehead atoms. The third-order valence-electron chi connectivity index (χ3n) is 2.38. The Hall–Kier alpha value is -2.41. The summed E-state index contributed by atoms with van der Waals surface area (Å²) in [5.74, 6) is 2.20. The lowest BCUT2D eigenvalue weighted by Crippen LogP contribution is -2.17. The summed E-state index contributed by atoms with van der Waals surface area (Å²) >= 11 is 0. The van der Waals surface area contributed by atoms with Crippen molar-refractivity contribution in [1.82, 2.24) is 0 Å². The first-order valence-electron chi connectivity index (χ1n) is 5.90. The maximum absolute atomic E-state index is 13.1. The van der Waals surface area contributed by atoms with E-state index >= 15 is 0 Å². The monoisotopic (exact) mass is 332 g/mol. The van der Waals surface area contributed by atoms with Crippen molar-refractivity contribution in [3.8, 4) is 11.5 Å². The number of nitro groups is 2. The maximum Gasteiger partial charge on any atom is 0.418 e. The number of rotatable bonds is 2. The zero-order chi connectivity index (χ0) is 17.3. The molecule has 22 heavy (non-hydrogen) atoms. The van der Waals surface area contributed by atoms with Gasteiger partial charge in [-0.2, -0.15) is 13.2 Å². The standard InChI is InChI=1S/C12H11F3N2O4Si/c1-22(2,3)5-4-9-10(12(13,14)15)6-8(16(18)19)7-11(9)17(20)21/h6-7H,1-3H3. The summed E-state index contributed by atoms with van der Waals surface area (Å²) in [5, 5.41) is 21.6. The van der Waals surface area contributed by atoms with E-state index in [4.69, 9.17) is 0 Å². The number of halogens is 3. The predicted molar refractivity (Wildman–Crippen MR) is 75.0 cm³/mol. The van der Waals surface area contributed by atoms with Crippen molar-refractivity contribution < 1.29 is 23.0 Å². The van der Waals surface area contributed by atoms with Crippen LogP contribution >= 0.6 is 0 Å². The lowest BCUT2D eigenvalue weighted by atomic mass is 10.0. The van der Waals surface area contributed by atoms with Gasteiger partial charge in [0.1, 0.15) is 13.6 Å². The fourth-order valence-corrected chi connectivity index (χ4v) is 1.97. The molecule has 0 aliphatic rings. The minimum Gasteiger partial charge on any atom is -0.258 e. The van der Waals surface area contributed by atoms with Gasteiger partial charge in [-0.1, -0.05) is 25.6 Å². The zero-order valence-corrected chi connectivity index (χ0v) is 12.8. The van der Waals surface area contributed by atoms with E-state index in [1.165, 1.54) is 0 Å². The van der Waals surface area contributed by atoms with Crippen LogP contribution in [0.25, 0.3) is 0 Å². The second kappa shape index (κ2) is 5.76. The van der Waals surface area contributed by atoms with E-state index in [9.17, 15) is 33.4 Å². The number of nitrogens with zero attached hydrogens (tertiary/aromatic N) is 2. The molecule has 0 aliphatic carbocycles. The van der Waals surface area contributed by atoms with Crippen molar-refractivity contribution in [2.45, 2.75) is 25.8 Å². The Balaban J connectivity index is 3.80. The summed E-state index contributed by atoms with van der Waals surface area (Å²) < 4.78 is 39.2. The van der Waals surface area contributed by atoms with Crippen molar-refractivity contribution in [3.63, 3.8) is 0 Å². The van der Waals surface area contributed by atoms with Gasteiger partial charge in [-0.25, -0.2) is 0 Å². The summed E-state index contributed by atoms with van der Waals surface area (Å²) in [6.07, 6.45) is -4.99. The molecule has 0 aliphatic heterocycles. The van der Waals surface area contributed by atoms with Crippen LogP contribution in [0.4, 0.5) is 24.5 Å². The van der Waals surface area contributed by atoms with E-state index in [0.717, 1.165) is 0 Å². The van der Waals surface area contributed by atoms with Crippen molar-refractivity contribution in [1.29, 1.82) is 0 Å². The molecular weight excluding hydrogens is 321 g/mol. The van der Waals surface area contributed by atoms with Gasteiger partial charge in [-0.15, -0.1) is 5.54 Å². The van der Waals surface area contributed by atoms with Crippen LogP contribution in [0.2, 0.25) is 19.6 Å². The van der Waals surface area contributed by atoms with Gasteiger partial charge in [0.25, 0.3) is 11.4 Å². The number of alkyl halides is 3. The van der Waals surface area contributed by atoms with Crippen LogP contribution in [0.3, 0.4) is 0 Å². The molecule has 0 aromatic heterocycles. The first-order valence-corrected chi connectivity index (χ1v) is 9.40. The molecule has 1 aromatic carbocycles. The molecule has 118 valence electrons. The number of benzene rings is 1.